The molecule has 0 heterocycles. The van der Waals surface area contributed by atoms with E-state index in [9.17, 15) is 8.42 Å². The third-order valence-electron chi connectivity index (χ3n) is 3.11. The maximum absolute atomic E-state index is 11.0. The van der Waals surface area contributed by atoms with Gasteiger partial charge in [0.1, 0.15) is 0 Å². The molecular formula is C14H31NaO3S. The van der Waals surface area contributed by atoms with Crippen molar-refractivity contribution >= 4 is 10.1 Å². The van der Waals surface area contributed by atoms with E-state index in [0.29, 0.717) is 6.61 Å². The molecular weight excluding hydrogens is 271 g/mol. The molecule has 0 aliphatic carbocycles. The number of hydrogen-bond acceptors (Lipinski definition) is 3. The van der Waals surface area contributed by atoms with Crippen molar-refractivity contribution in [1.29, 1.82) is 0 Å². The minimum Gasteiger partial charge on any atom is -1.00 e. The van der Waals surface area contributed by atoms with Gasteiger partial charge in [-0.25, -0.2) is 0 Å². The van der Waals surface area contributed by atoms with E-state index < -0.39 is 10.1 Å². The van der Waals surface area contributed by atoms with Gasteiger partial charge in [0, 0.05) is 0 Å². The van der Waals surface area contributed by atoms with E-state index in [4.69, 9.17) is 4.18 Å². The van der Waals surface area contributed by atoms with Crippen LogP contribution in [0.1, 0.15) is 79.5 Å². The van der Waals surface area contributed by atoms with Crippen molar-refractivity contribution in [1.82, 2.24) is 0 Å². The zero-order valence-corrected chi connectivity index (χ0v) is 15.9. The number of unbranched alkanes of at least 4 members (excludes halogenated alkanes) is 9. The average Bonchev–Trinajstić information content (AvgIpc) is 2.36. The summed E-state index contributed by atoms with van der Waals surface area (Å²) in [5.41, 5.74) is 0. The molecule has 0 saturated carbocycles. The molecule has 0 aliphatic rings. The molecule has 0 saturated heterocycles. The molecule has 0 spiro atoms. The van der Waals surface area contributed by atoms with Crippen molar-refractivity contribution in [2.75, 3.05) is 12.4 Å². The third kappa shape index (κ3) is 16.9. The van der Waals surface area contributed by atoms with Crippen molar-refractivity contribution in [2.45, 2.75) is 78.1 Å². The Kier molecular flexibility index (Phi) is 17.9. The van der Waals surface area contributed by atoms with Crippen LogP contribution in [0.4, 0.5) is 0 Å². The first-order valence-electron chi connectivity index (χ1n) is 7.49. The third-order valence-corrected chi connectivity index (χ3v) is 4.35. The molecule has 0 fully saturated rings. The molecule has 0 aromatic rings. The van der Waals surface area contributed by atoms with Crippen LogP contribution in [-0.2, 0) is 14.3 Å². The Morgan fingerprint density at radius 2 is 1.21 bits per heavy atom. The molecule has 0 aliphatic heterocycles. The molecule has 5 heteroatoms. The summed E-state index contributed by atoms with van der Waals surface area (Å²) in [7, 11) is -3.23. The molecule has 112 valence electrons. The van der Waals surface area contributed by atoms with Gasteiger partial charge >= 0.3 is 29.6 Å². The van der Waals surface area contributed by atoms with Gasteiger partial charge in [-0.05, 0) is 13.3 Å². The summed E-state index contributed by atoms with van der Waals surface area (Å²) in [5.74, 6) is 0.0742. The van der Waals surface area contributed by atoms with Crippen molar-refractivity contribution in [2.24, 2.45) is 0 Å². The Hall–Kier alpha value is 0.910. The van der Waals surface area contributed by atoms with Gasteiger partial charge in [0.05, 0.1) is 12.4 Å². The second-order valence-corrected chi connectivity index (χ2v) is 6.78. The van der Waals surface area contributed by atoms with Crippen LogP contribution in [0.15, 0.2) is 0 Å². The summed E-state index contributed by atoms with van der Waals surface area (Å²) in [6, 6.07) is 0. The Bertz CT molecular complexity index is 272. The number of rotatable bonds is 13. The topological polar surface area (TPSA) is 43.4 Å². The molecule has 0 aromatic carbocycles. The molecule has 0 rings (SSSR count). The van der Waals surface area contributed by atoms with Crippen molar-refractivity contribution in [3.8, 4) is 0 Å². The smallest absolute Gasteiger partial charge is 1.00 e. The number of hydrogen-bond donors (Lipinski definition) is 0. The molecule has 0 radical (unpaired) electrons. The van der Waals surface area contributed by atoms with Crippen molar-refractivity contribution < 1.29 is 43.6 Å². The second kappa shape index (κ2) is 15.3. The van der Waals surface area contributed by atoms with Crippen LogP contribution >= 0.6 is 0 Å². The van der Waals surface area contributed by atoms with Crippen LogP contribution in [-0.4, -0.2) is 20.8 Å². The Labute approximate surface area is 143 Å². The fourth-order valence-corrected chi connectivity index (χ4v) is 2.40. The Balaban J connectivity index is -0.00000144. The predicted molar refractivity (Wildman–Crippen MR) is 78.4 cm³/mol. The first-order chi connectivity index (χ1) is 8.62. The van der Waals surface area contributed by atoms with Gasteiger partial charge < -0.3 is 1.43 Å². The van der Waals surface area contributed by atoms with Crippen molar-refractivity contribution in [3.63, 3.8) is 0 Å². The van der Waals surface area contributed by atoms with Gasteiger partial charge in [0.15, 0.2) is 0 Å². The average molecular weight is 302 g/mol. The van der Waals surface area contributed by atoms with E-state index in [1.165, 1.54) is 51.4 Å². The van der Waals surface area contributed by atoms with Gasteiger partial charge in [-0.15, -0.1) is 0 Å². The molecule has 0 atom stereocenters. The van der Waals surface area contributed by atoms with E-state index in [2.05, 4.69) is 6.92 Å². The van der Waals surface area contributed by atoms with Crippen LogP contribution in [0.5, 0.6) is 0 Å². The van der Waals surface area contributed by atoms with Gasteiger partial charge in [-0.3, -0.25) is 4.18 Å². The summed E-state index contributed by atoms with van der Waals surface area (Å²) in [4.78, 5) is 0. The molecule has 0 bridgehead atoms. The normalized spacial score (nSPS) is 11.3. The fraction of sp³-hybridized carbons (Fsp3) is 1.00. The first-order valence-corrected chi connectivity index (χ1v) is 9.07. The van der Waals surface area contributed by atoms with Gasteiger partial charge in [0.2, 0.25) is 0 Å². The monoisotopic (exact) mass is 302 g/mol. The van der Waals surface area contributed by atoms with Crippen LogP contribution in [0, 0.1) is 0 Å². The van der Waals surface area contributed by atoms with E-state index >= 15 is 0 Å². The summed E-state index contributed by atoms with van der Waals surface area (Å²) in [6.45, 7) is 4.20. The molecule has 3 nitrogen and oxygen atoms in total. The molecule has 0 amide bonds. The summed E-state index contributed by atoms with van der Waals surface area (Å²) in [5, 5.41) is 0. The predicted octanol–water partition coefficient (Wildman–Crippen LogP) is 1.39. The standard InChI is InChI=1S/C14H30O3S.Na.H/c1-3-5-6-7-8-9-10-11-12-13-14-17-18(15,16)4-2;;/h3-14H2,1-2H3;;/q;+1;-1. The molecule has 0 N–H and O–H groups in total. The quantitative estimate of drug-likeness (QED) is 0.293. The van der Waals surface area contributed by atoms with Gasteiger partial charge in [-0.2, -0.15) is 8.42 Å². The SMILES string of the molecule is CCCCCCCCCCCCOS(=O)(=O)CC.[H-].[Na+]. The Morgan fingerprint density at radius 1 is 0.789 bits per heavy atom. The van der Waals surface area contributed by atoms with Crippen molar-refractivity contribution in [3.05, 3.63) is 0 Å². The Morgan fingerprint density at radius 3 is 1.63 bits per heavy atom. The minimum absolute atomic E-state index is 0. The molecule has 19 heavy (non-hydrogen) atoms. The zero-order chi connectivity index (χ0) is 13.7. The van der Waals surface area contributed by atoms with Crippen LogP contribution in [0.3, 0.4) is 0 Å². The van der Waals surface area contributed by atoms with E-state index in [-0.39, 0.29) is 36.7 Å². The summed E-state index contributed by atoms with van der Waals surface area (Å²) in [6.07, 6.45) is 12.5. The van der Waals surface area contributed by atoms with Crippen LogP contribution < -0.4 is 29.6 Å². The largest absolute Gasteiger partial charge is 1.00 e. The van der Waals surface area contributed by atoms with Gasteiger partial charge in [0.25, 0.3) is 10.1 Å². The fourth-order valence-electron chi connectivity index (χ4n) is 1.86. The molecule has 0 aromatic heterocycles. The van der Waals surface area contributed by atoms with E-state index in [1.54, 1.807) is 6.92 Å². The zero-order valence-electron chi connectivity index (χ0n) is 14.1. The summed E-state index contributed by atoms with van der Waals surface area (Å²) < 4.78 is 26.9. The van der Waals surface area contributed by atoms with Crippen LogP contribution in [0.25, 0.3) is 0 Å². The molecule has 0 unspecified atom stereocenters. The van der Waals surface area contributed by atoms with Gasteiger partial charge in [-0.1, -0.05) is 64.7 Å². The minimum atomic E-state index is -3.23. The summed E-state index contributed by atoms with van der Waals surface area (Å²) >= 11 is 0. The van der Waals surface area contributed by atoms with Crippen LogP contribution in [0.2, 0.25) is 0 Å². The van der Waals surface area contributed by atoms with E-state index in [1.807, 2.05) is 0 Å². The van der Waals surface area contributed by atoms with E-state index in [0.717, 1.165) is 12.8 Å². The maximum atomic E-state index is 11.0. The first kappa shape index (κ1) is 22.2. The second-order valence-electron chi connectivity index (χ2n) is 4.85. The maximum Gasteiger partial charge on any atom is 1.00 e.